The molecular weight excluding hydrogens is 356 g/mol. The molecule has 0 bridgehead atoms. The molecule has 0 saturated carbocycles. The molecule has 2 aromatic rings. The minimum atomic E-state index is -0.638. The lowest BCUT2D eigenvalue weighted by Crippen LogP contribution is -2.01. The van der Waals surface area contributed by atoms with Gasteiger partial charge in [0.2, 0.25) is 0 Å². The van der Waals surface area contributed by atoms with Crippen molar-refractivity contribution in [3.05, 3.63) is 57.0 Å². The second kappa shape index (κ2) is 7.16. The van der Waals surface area contributed by atoms with E-state index in [1.165, 1.54) is 0 Å². The Morgan fingerprint density at radius 3 is 2.52 bits per heavy atom. The van der Waals surface area contributed by atoms with Gasteiger partial charge in [-0.3, -0.25) is 0 Å². The largest absolute Gasteiger partial charge is 0.496 e. The summed E-state index contributed by atoms with van der Waals surface area (Å²) in [5.41, 5.74) is 1.67. The molecule has 0 fully saturated rings. The average Bonchev–Trinajstić information content (AvgIpc) is 2.46. The third kappa shape index (κ3) is 4.13. The summed E-state index contributed by atoms with van der Waals surface area (Å²) >= 11 is 9.39. The number of rotatable bonds is 5. The maximum Gasteiger partial charge on any atom is 0.133 e. The number of aliphatic hydroxyl groups excluding tert-OH is 1. The van der Waals surface area contributed by atoms with E-state index in [-0.39, 0.29) is 0 Å². The third-order valence-corrected chi connectivity index (χ3v) is 3.89. The summed E-state index contributed by atoms with van der Waals surface area (Å²) in [5.74, 6) is 1.40. The van der Waals surface area contributed by atoms with E-state index in [9.17, 15) is 5.11 Å². The van der Waals surface area contributed by atoms with Crippen LogP contribution in [0.15, 0.2) is 40.9 Å². The van der Waals surface area contributed by atoms with Crippen LogP contribution in [-0.2, 0) is 6.61 Å². The Morgan fingerprint density at radius 1 is 1.19 bits per heavy atom. The van der Waals surface area contributed by atoms with Gasteiger partial charge in [-0.25, -0.2) is 0 Å². The van der Waals surface area contributed by atoms with E-state index in [0.717, 1.165) is 15.8 Å². The van der Waals surface area contributed by atoms with Gasteiger partial charge in [-0.1, -0.05) is 17.7 Å². The van der Waals surface area contributed by atoms with Crippen LogP contribution in [0.5, 0.6) is 11.5 Å². The molecular formula is C16H16BrClO3. The van der Waals surface area contributed by atoms with Gasteiger partial charge in [-0.2, -0.15) is 0 Å². The first kappa shape index (κ1) is 16.1. The standard InChI is InChI=1S/C16H16BrClO3/c1-10(19)13-8-12(18)4-6-15(13)21-9-11-3-5-16(20-2)14(17)7-11/h3-8,10,19H,9H2,1-2H3. The molecule has 21 heavy (non-hydrogen) atoms. The van der Waals surface area contributed by atoms with Crippen LogP contribution in [-0.4, -0.2) is 12.2 Å². The highest BCUT2D eigenvalue weighted by molar-refractivity contribution is 9.10. The fourth-order valence-corrected chi connectivity index (χ4v) is 2.71. The second-order valence-electron chi connectivity index (χ2n) is 4.62. The monoisotopic (exact) mass is 370 g/mol. The van der Waals surface area contributed by atoms with Crippen molar-refractivity contribution in [3.63, 3.8) is 0 Å². The number of halogens is 2. The van der Waals surface area contributed by atoms with Crippen molar-refractivity contribution >= 4 is 27.5 Å². The molecule has 5 heteroatoms. The van der Waals surface area contributed by atoms with E-state index in [2.05, 4.69) is 15.9 Å². The van der Waals surface area contributed by atoms with Gasteiger partial charge in [0.25, 0.3) is 0 Å². The third-order valence-electron chi connectivity index (χ3n) is 3.03. The topological polar surface area (TPSA) is 38.7 Å². The first-order valence-corrected chi connectivity index (χ1v) is 7.61. The zero-order chi connectivity index (χ0) is 15.4. The number of ether oxygens (including phenoxy) is 2. The number of benzene rings is 2. The van der Waals surface area contributed by atoms with Crippen molar-refractivity contribution in [2.45, 2.75) is 19.6 Å². The van der Waals surface area contributed by atoms with Crippen molar-refractivity contribution in [2.75, 3.05) is 7.11 Å². The molecule has 0 amide bonds. The molecule has 0 aliphatic heterocycles. The van der Waals surface area contributed by atoms with Crippen LogP contribution in [0.4, 0.5) is 0 Å². The molecule has 0 aromatic heterocycles. The molecule has 2 rings (SSSR count). The highest BCUT2D eigenvalue weighted by Gasteiger charge is 2.10. The SMILES string of the molecule is COc1ccc(COc2ccc(Cl)cc2C(C)O)cc1Br. The molecule has 1 atom stereocenters. The Labute approximate surface area is 137 Å². The molecule has 0 aliphatic carbocycles. The van der Waals surface area contributed by atoms with Gasteiger partial charge in [0, 0.05) is 10.6 Å². The van der Waals surface area contributed by atoms with Crippen molar-refractivity contribution in [1.82, 2.24) is 0 Å². The molecule has 0 spiro atoms. The fraction of sp³-hybridized carbons (Fsp3) is 0.250. The Balaban J connectivity index is 2.15. The average molecular weight is 372 g/mol. The summed E-state index contributed by atoms with van der Waals surface area (Å²) in [6.07, 6.45) is -0.638. The summed E-state index contributed by atoms with van der Waals surface area (Å²) in [6, 6.07) is 11.0. The van der Waals surface area contributed by atoms with E-state index in [1.54, 1.807) is 32.2 Å². The van der Waals surface area contributed by atoms with Gasteiger partial charge < -0.3 is 14.6 Å². The van der Waals surface area contributed by atoms with Gasteiger partial charge >= 0.3 is 0 Å². The predicted molar refractivity (Wildman–Crippen MR) is 87.1 cm³/mol. The molecule has 1 unspecified atom stereocenters. The number of methoxy groups -OCH3 is 1. The summed E-state index contributed by atoms with van der Waals surface area (Å²) < 4.78 is 11.9. The van der Waals surface area contributed by atoms with Crippen LogP contribution in [0.1, 0.15) is 24.2 Å². The molecule has 0 heterocycles. The molecule has 1 N–H and O–H groups in total. The van der Waals surface area contributed by atoms with Gasteiger partial charge in [-0.05, 0) is 58.7 Å². The smallest absolute Gasteiger partial charge is 0.133 e. The fourth-order valence-electron chi connectivity index (χ4n) is 1.94. The van der Waals surface area contributed by atoms with E-state index in [4.69, 9.17) is 21.1 Å². The van der Waals surface area contributed by atoms with E-state index >= 15 is 0 Å². The van der Waals surface area contributed by atoms with Gasteiger partial charge in [0.05, 0.1) is 17.7 Å². The minimum Gasteiger partial charge on any atom is -0.496 e. The normalized spacial score (nSPS) is 12.0. The summed E-state index contributed by atoms with van der Waals surface area (Å²) in [5, 5.41) is 10.4. The van der Waals surface area contributed by atoms with Crippen LogP contribution < -0.4 is 9.47 Å². The first-order valence-electron chi connectivity index (χ1n) is 6.44. The number of aliphatic hydroxyl groups is 1. The number of hydrogen-bond acceptors (Lipinski definition) is 3. The van der Waals surface area contributed by atoms with Gasteiger partial charge in [0.15, 0.2) is 0 Å². The molecule has 0 radical (unpaired) electrons. The predicted octanol–water partition coefficient (Wildman–Crippen LogP) is 4.74. The summed E-state index contributed by atoms with van der Waals surface area (Å²) in [6.45, 7) is 2.08. The molecule has 112 valence electrons. The Bertz CT molecular complexity index is 629. The van der Waals surface area contributed by atoms with Crippen LogP contribution in [0.3, 0.4) is 0 Å². The Kier molecular flexibility index (Phi) is 5.51. The highest BCUT2D eigenvalue weighted by atomic mass is 79.9. The lowest BCUT2D eigenvalue weighted by atomic mass is 10.1. The van der Waals surface area contributed by atoms with E-state index < -0.39 is 6.10 Å². The molecule has 0 saturated heterocycles. The summed E-state index contributed by atoms with van der Waals surface area (Å²) in [7, 11) is 1.62. The maximum absolute atomic E-state index is 9.78. The second-order valence-corrected chi connectivity index (χ2v) is 5.91. The van der Waals surface area contributed by atoms with Crippen LogP contribution in [0, 0.1) is 0 Å². The van der Waals surface area contributed by atoms with Crippen LogP contribution >= 0.6 is 27.5 Å². The Hall–Kier alpha value is -1.23. The lowest BCUT2D eigenvalue weighted by Gasteiger charge is -2.14. The van der Waals surface area contributed by atoms with Crippen LogP contribution in [0.2, 0.25) is 5.02 Å². The van der Waals surface area contributed by atoms with E-state index in [1.807, 2.05) is 18.2 Å². The van der Waals surface area contributed by atoms with Crippen LogP contribution in [0.25, 0.3) is 0 Å². The van der Waals surface area contributed by atoms with Crippen molar-refractivity contribution < 1.29 is 14.6 Å². The van der Waals surface area contributed by atoms with Crippen molar-refractivity contribution in [3.8, 4) is 11.5 Å². The Morgan fingerprint density at radius 2 is 1.90 bits per heavy atom. The summed E-state index contributed by atoms with van der Waals surface area (Å²) in [4.78, 5) is 0. The molecule has 2 aromatic carbocycles. The first-order chi connectivity index (χ1) is 10.0. The zero-order valence-electron chi connectivity index (χ0n) is 11.8. The molecule has 0 aliphatic rings. The van der Waals surface area contributed by atoms with Crippen molar-refractivity contribution in [2.24, 2.45) is 0 Å². The zero-order valence-corrected chi connectivity index (χ0v) is 14.1. The minimum absolute atomic E-state index is 0.393. The number of hydrogen-bond donors (Lipinski definition) is 1. The highest BCUT2D eigenvalue weighted by Crippen LogP contribution is 2.30. The van der Waals surface area contributed by atoms with Crippen molar-refractivity contribution in [1.29, 1.82) is 0 Å². The van der Waals surface area contributed by atoms with Gasteiger partial charge in [0.1, 0.15) is 18.1 Å². The van der Waals surface area contributed by atoms with Gasteiger partial charge in [-0.15, -0.1) is 0 Å². The maximum atomic E-state index is 9.78. The lowest BCUT2D eigenvalue weighted by molar-refractivity contribution is 0.190. The molecule has 3 nitrogen and oxygen atoms in total. The van der Waals surface area contributed by atoms with E-state index in [0.29, 0.717) is 22.9 Å². The quantitative estimate of drug-likeness (QED) is 0.825.